The number of ether oxygens (including phenoxy) is 2. The molecule has 0 aliphatic heterocycles. The van der Waals surface area contributed by atoms with Crippen molar-refractivity contribution in [3.63, 3.8) is 0 Å². The number of benzene rings is 2. The topological polar surface area (TPSA) is 94.8 Å². The van der Waals surface area contributed by atoms with Gasteiger partial charge in [0.05, 0.1) is 14.2 Å². The van der Waals surface area contributed by atoms with E-state index in [9.17, 15) is 14.4 Å². The molecule has 0 saturated carbocycles. The number of nitrogens with one attached hydrogen (secondary N) is 1. The van der Waals surface area contributed by atoms with Gasteiger partial charge in [-0.3, -0.25) is 4.79 Å². The average Bonchev–Trinajstić information content (AvgIpc) is 2.72. The van der Waals surface area contributed by atoms with Crippen molar-refractivity contribution >= 4 is 22.8 Å². The van der Waals surface area contributed by atoms with Crippen molar-refractivity contribution in [2.75, 3.05) is 14.2 Å². The number of amides is 1. The van der Waals surface area contributed by atoms with E-state index in [0.717, 1.165) is 0 Å². The fourth-order valence-corrected chi connectivity index (χ4v) is 2.89. The molecule has 0 aliphatic rings. The van der Waals surface area contributed by atoms with Crippen LogP contribution < -0.4 is 15.7 Å². The Labute approximate surface area is 160 Å². The van der Waals surface area contributed by atoms with E-state index in [1.807, 2.05) is 0 Å². The van der Waals surface area contributed by atoms with Gasteiger partial charge >= 0.3 is 11.6 Å². The molecule has 0 saturated heterocycles. The number of hydrogen-bond acceptors (Lipinski definition) is 6. The first kappa shape index (κ1) is 19.2. The SMILES string of the molecule is COC(=O)[C@@H](Cc1cc(=O)oc2cc(OC)ccc12)NC(=O)c1ccccc1. The maximum Gasteiger partial charge on any atom is 0.336 e. The standard InChI is InChI=1S/C21H19NO6/c1-26-15-8-9-16-14(11-19(23)28-18(16)12-15)10-17(21(25)27-2)22-20(24)13-6-4-3-5-7-13/h3-9,11-12,17H,10H2,1-2H3,(H,22,24)/t17-/m1/s1. The lowest BCUT2D eigenvalue weighted by atomic mass is 10.0. The van der Waals surface area contributed by atoms with Gasteiger partial charge in [0.1, 0.15) is 17.4 Å². The van der Waals surface area contributed by atoms with Crippen molar-refractivity contribution in [1.29, 1.82) is 0 Å². The molecule has 0 spiro atoms. The average molecular weight is 381 g/mol. The maximum absolute atomic E-state index is 12.5. The highest BCUT2D eigenvalue weighted by atomic mass is 16.5. The number of rotatable bonds is 6. The highest BCUT2D eigenvalue weighted by Crippen LogP contribution is 2.23. The first-order valence-electron chi connectivity index (χ1n) is 8.56. The lowest BCUT2D eigenvalue weighted by molar-refractivity contribution is -0.142. The van der Waals surface area contributed by atoms with Crippen LogP contribution in [-0.4, -0.2) is 32.1 Å². The Hall–Kier alpha value is -3.61. The Morgan fingerprint density at radius 3 is 2.50 bits per heavy atom. The smallest absolute Gasteiger partial charge is 0.336 e. The quantitative estimate of drug-likeness (QED) is 0.520. The zero-order valence-corrected chi connectivity index (χ0v) is 15.4. The summed E-state index contributed by atoms with van der Waals surface area (Å²) in [6, 6.07) is 13.9. The molecule has 1 heterocycles. The van der Waals surface area contributed by atoms with Crippen LogP contribution >= 0.6 is 0 Å². The van der Waals surface area contributed by atoms with Crippen molar-refractivity contribution in [3.8, 4) is 5.75 Å². The minimum absolute atomic E-state index is 0.0691. The summed E-state index contributed by atoms with van der Waals surface area (Å²) in [5, 5.41) is 3.31. The van der Waals surface area contributed by atoms with Crippen LogP contribution in [-0.2, 0) is 16.0 Å². The first-order valence-corrected chi connectivity index (χ1v) is 8.56. The molecule has 1 N–H and O–H groups in total. The predicted molar refractivity (Wildman–Crippen MR) is 102 cm³/mol. The Balaban J connectivity index is 1.94. The predicted octanol–water partition coefficient (Wildman–Crippen LogP) is 2.32. The monoisotopic (exact) mass is 381 g/mol. The van der Waals surface area contributed by atoms with E-state index in [2.05, 4.69) is 5.32 Å². The summed E-state index contributed by atoms with van der Waals surface area (Å²) in [5.41, 5.74) is 0.741. The molecular formula is C21H19NO6. The molecule has 0 radical (unpaired) electrons. The molecule has 0 fully saturated rings. The van der Waals surface area contributed by atoms with Crippen molar-refractivity contribution in [1.82, 2.24) is 5.32 Å². The zero-order valence-electron chi connectivity index (χ0n) is 15.4. The Morgan fingerprint density at radius 2 is 1.82 bits per heavy atom. The Morgan fingerprint density at radius 1 is 1.07 bits per heavy atom. The largest absolute Gasteiger partial charge is 0.497 e. The summed E-state index contributed by atoms with van der Waals surface area (Å²) >= 11 is 0. The van der Waals surface area contributed by atoms with E-state index in [4.69, 9.17) is 13.9 Å². The molecule has 3 rings (SSSR count). The minimum atomic E-state index is -0.968. The number of carbonyl (C=O) groups excluding carboxylic acids is 2. The fourth-order valence-electron chi connectivity index (χ4n) is 2.89. The normalized spacial score (nSPS) is 11.6. The van der Waals surface area contributed by atoms with Gasteiger partial charge in [0.25, 0.3) is 5.91 Å². The van der Waals surface area contributed by atoms with Gasteiger partial charge in [-0.1, -0.05) is 18.2 Å². The highest BCUT2D eigenvalue weighted by molar-refractivity contribution is 5.97. The fraction of sp³-hybridized carbons (Fsp3) is 0.190. The zero-order chi connectivity index (χ0) is 20.1. The summed E-state index contributed by atoms with van der Waals surface area (Å²) < 4.78 is 15.2. The molecule has 1 aromatic heterocycles. The molecular weight excluding hydrogens is 362 g/mol. The third-order valence-electron chi connectivity index (χ3n) is 4.29. The van der Waals surface area contributed by atoms with Gasteiger partial charge < -0.3 is 19.2 Å². The van der Waals surface area contributed by atoms with E-state index in [-0.39, 0.29) is 6.42 Å². The van der Waals surface area contributed by atoms with Crippen molar-refractivity contribution in [2.45, 2.75) is 12.5 Å². The summed E-state index contributed by atoms with van der Waals surface area (Å²) in [6.07, 6.45) is 0.0691. The number of carbonyl (C=O) groups is 2. The van der Waals surface area contributed by atoms with Crippen LogP contribution in [0.15, 0.2) is 63.8 Å². The van der Waals surface area contributed by atoms with E-state index < -0.39 is 23.5 Å². The first-order chi connectivity index (χ1) is 13.5. The van der Waals surface area contributed by atoms with Gasteiger partial charge in [-0.2, -0.15) is 0 Å². The molecule has 0 aliphatic carbocycles. The molecule has 1 atom stereocenters. The van der Waals surface area contributed by atoms with E-state index >= 15 is 0 Å². The molecule has 0 unspecified atom stereocenters. The summed E-state index contributed by atoms with van der Waals surface area (Å²) in [5.74, 6) is -0.487. The van der Waals surface area contributed by atoms with Gasteiger partial charge in [0.15, 0.2) is 0 Å². The van der Waals surface area contributed by atoms with E-state index in [1.165, 1.54) is 20.3 Å². The lowest BCUT2D eigenvalue weighted by Gasteiger charge is -2.17. The molecule has 1 amide bonds. The van der Waals surface area contributed by atoms with Gasteiger partial charge in [-0.05, 0) is 29.8 Å². The number of hydrogen-bond donors (Lipinski definition) is 1. The number of esters is 1. The van der Waals surface area contributed by atoms with Gasteiger partial charge in [-0.25, -0.2) is 9.59 Å². The molecule has 0 bridgehead atoms. The number of methoxy groups -OCH3 is 2. The maximum atomic E-state index is 12.5. The second-order valence-corrected chi connectivity index (χ2v) is 6.07. The number of fused-ring (bicyclic) bond motifs is 1. The molecule has 7 heteroatoms. The molecule has 144 valence electrons. The van der Waals surface area contributed by atoms with Crippen LogP contribution in [0.3, 0.4) is 0 Å². The van der Waals surface area contributed by atoms with Crippen LogP contribution in [0, 0.1) is 0 Å². The summed E-state index contributed by atoms with van der Waals surface area (Å²) in [4.78, 5) is 36.7. The third kappa shape index (κ3) is 4.20. The minimum Gasteiger partial charge on any atom is -0.497 e. The molecule has 28 heavy (non-hydrogen) atoms. The van der Waals surface area contributed by atoms with E-state index in [0.29, 0.717) is 27.8 Å². The summed E-state index contributed by atoms with van der Waals surface area (Å²) in [7, 11) is 2.75. The van der Waals surface area contributed by atoms with Crippen LogP contribution in [0.25, 0.3) is 11.0 Å². The second kappa shape index (κ2) is 8.39. The van der Waals surface area contributed by atoms with Crippen molar-refractivity contribution in [2.24, 2.45) is 0 Å². The second-order valence-electron chi connectivity index (χ2n) is 6.07. The van der Waals surface area contributed by atoms with E-state index in [1.54, 1.807) is 48.5 Å². The summed E-state index contributed by atoms with van der Waals surface area (Å²) in [6.45, 7) is 0. The van der Waals surface area contributed by atoms with Crippen molar-refractivity contribution in [3.05, 3.63) is 76.1 Å². The van der Waals surface area contributed by atoms with Gasteiger partial charge in [-0.15, -0.1) is 0 Å². The van der Waals surface area contributed by atoms with Crippen molar-refractivity contribution < 1.29 is 23.5 Å². The lowest BCUT2D eigenvalue weighted by Crippen LogP contribution is -2.43. The Kier molecular flexibility index (Phi) is 5.74. The van der Waals surface area contributed by atoms with Crippen LogP contribution in [0.2, 0.25) is 0 Å². The molecule has 3 aromatic rings. The van der Waals surface area contributed by atoms with Crippen LogP contribution in [0.5, 0.6) is 5.75 Å². The molecule has 2 aromatic carbocycles. The molecule has 7 nitrogen and oxygen atoms in total. The van der Waals surface area contributed by atoms with Crippen LogP contribution in [0.4, 0.5) is 0 Å². The Bertz CT molecular complexity index is 1060. The van der Waals surface area contributed by atoms with Gasteiger partial charge in [0.2, 0.25) is 0 Å². The van der Waals surface area contributed by atoms with Crippen LogP contribution in [0.1, 0.15) is 15.9 Å². The van der Waals surface area contributed by atoms with Gasteiger partial charge in [0, 0.05) is 29.5 Å². The third-order valence-corrected chi connectivity index (χ3v) is 4.29. The highest BCUT2D eigenvalue weighted by Gasteiger charge is 2.24.